The minimum atomic E-state index is 0.0144. The van der Waals surface area contributed by atoms with Crippen molar-refractivity contribution in [3.63, 3.8) is 0 Å². The summed E-state index contributed by atoms with van der Waals surface area (Å²) >= 11 is 0. The van der Waals surface area contributed by atoms with Crippen LogP contribution in [-0.2, 0) is 9.53 Å². The number of carbonyl (C=O) groups is 1. The van der Waals surface area contributed by atoms with Crippen LogP contribution in [0.3, 0.4) is 0 Å². The first-order valence-electron chi connectivity index (χ1n) is 13.2. The van der Waals surface area contributed by atoms with Gasteiger partial charge in [-0.15, -0.1) is 0 Å². The Morgan fingerprint density at radius 2 is 0.862 bits per heavy atom. The number of hydrogen-bond donors (Lipinski definition) is 0. The fourth-order valence-corrected chi connectivity index (χ4v) is 3.86. The Morgan fingerprint density at radius 1 is 0.517 bits per heavy atom. The van der Waals surface area contributed by atoms with E-state index in [4.69, 9.17) is 4.74 Å². The van der Waals surface area contributed by atoms with E-state index in [1.54, 1.807) is 0 Å². The van der Waals surface area contributed by atoms with Crippen LogP contribution in [0.5, 0.6) is 0 Å². The molecule has 0 atom stereocenters. The Bertz CT molecular complexity index is 335. The summed E-state index contributed by atoms with van der Waals surface area (Å²) in [7, 11) is 0. The molecule has 0 N–H and O–H groups in total. The van der Waals surface area contributed by atoms with Crippen molar-refractivity contribution in [1.29, 1.82) is 0 Å². The van der Waals surface area contributed by atoms with Crippen molar-refractivity contribution in [3.8, 4) is 0 Å². The highest BCUT2D eigenvalue weighted by Gasteiger charge is 2.03. The molecule has 0 aromatic heterocycles. The van der Waals surface area contributed by atoms with Gasteiger partial charge >= 0.3 is 5.97 Å². The number of esters is 1. The summed E-state index contributed by atoms with van der Waals surface area (Å²) in [6.07, 6.45) is 24.2. The minimum absolute atomic E-state index is 0.0144. The molecule has 0 saturated carbocycles. The maximum atomic E-state index is 11.7. The van der Waals surface area contributed by atoms with Crippen molar-refractivity contribution in [2.24, 2.45) is 11.8 Å². The van der Waals surface area contributed by atoms with Crippen LogP contribution in [0.4, 0.5) is 0 Å². The fraction of sp³-hybridized carbons (Fsp3) is 0.963. The Hall–Kier alpha value is -0.530. The van der Waals surface area contributed by atoms with E-state index < -0.39 is 0 Å². The number of hydrogen-bond acceptors (Lipinski definition) is 2. The predicted molar refractivity (Wildman–Crippen MR) is 128 cm³/mol. The maximum Gasteiger partial charge on any atom is 0.305 e. The second kappa shape index (κ2) is 22.2. The lowest BCUT2D eigenvalue weighted by Crippen LogP contribution is -2.05. The Labute approximate surface area is 184 Å². The molecule has 29 heavy (non-hydrogen) atoms. The molecule has 0 aliphatic heterocycles. The third-order valence-corrected chi connectivity index (χ3v) is 5.85. The molecule has 0 aliphatic rings. The zero-order chi connectivity index (χ0) is 21.6. The largest absolute Gasteiger partial charge is 0.466 e. The number of ether oxygens (including phenoxy) is 1. The van der Waals surface area contributed by atoms with E-state index in [1.807, 2.05) is 0 Å². The van der Waals surface area contributed by atoms with Gasteiger partial charge in [-0.3, -0.25) is 4.79 Å². The molecular formula is C27H54O2. The van der Waals surface area contributed by atoms with E-state index in [0.29, 0.717) is 13.0 Å². The number of unbranched alkanes of at least 4 members (excludes halogenated alkanes) is 14. The monoisotopic (exact) mass is 410 g/mol. The summed E-state index contributed by atoms with van der Waals surface area (Å²) in [5, 5.41) is 0. The van der Waals surface area contributed by atoms with Crippen LogP contribution < -0.4 is 0 Å². The van der Waals surface area contributed by atoms with Crippen LogP contribution in [0.25, 0.3) is 0 Å². The smallest absolute Gasteiger partial charge is 0.305 e. The normalized spacial score (nSPS) is 11.5. The van der Waals surface area contributed by atoms with E-state index in [0.717, 1.165) is 24.7 Å². The van der Waals surface area contributed by atoms with Gasteiger partial charge in [-0.05, 0) is 24.7 Å². The molecule has 0 saturated heterocycles. The van der Waals surface area contributed by atoms with Crippen LogP contribution in [0, 0.1) is 11.8 Å². The van der Waals surface area contributed by atoms with Gasteiger partial charge in [0.2, 0.25) is 0 Å². The van der Waals surface area contributed by atoms with Crippen LogP contribution in [0.15, 0.2) is 0 Å². The molecule has 0 unspecified atom stereocenters. The Balaban J connectivity index is 3.16. The van der Waals surface area contributed by atoms with Gasteiger partial charge in [-0.1, -0.05) is 130 Å². The van der Waals surface area contributed by atoms with E-state index >= 15 is 0 Å². The van der Waals surface area contributed by atoms with Gasteiger partial charge in [0.1, 0.15) is 0 Å². The first-order valence-corrected chi connectivity index (χ1v) is 13.2. The van der Waals surface area contributed by atoms with Gasteiger partial charge in [0.15, 0.2) is 0 Å². The molecule has 0 aliphatic carbocycles. The second-order valence-corrected chi connectivity index (χ2v) is 9.99. The summed E-state index contributed by atoms with van der Waals surface area (Å²) in [4.78, 5) is 11.7. The summed E-state index contributed by atoms with van der Waals surface area (Å²) in [6.45, 7) is 9.84. The standard InChI is InChI=1S/C27H54O2/c1-25(2)21-17-13-10-8-6-5-7-9-11-16-20-24-29-27(28)23-19-15-12-14-18-22-26(3)4/h25-26H,5-24H2,1-4H3. The van der Waals surface area contributed by atoms with Crippen molar-refractivity contribution in [2.45, 2.75) is 150 Å². The van der Waals surface area contributed by atoms with Crippen LogP contribution in [0.1, 0.15) is 150 Å². The first kappa shape index (κ1) is 28.5. The Kier molecular flexibility index (Phi) is 21.8. The average Bonchev–Trinajstić information content (AvgIpc) is 2.67. The van der Waals surface area contributed by atoms with Crippen molar-refractivity contribution in [2.75, 3.05) is 6.61 Å². The second-order valence-electron chi connectivity index (χ2n) is 9.99. The quantitative estimate of drug-likeness (QED) is 0.131. The zero-order valence-electron chi connectivity index (χ0n) is 20.6. The molecule has 0 aromatic carbocycles. The molecule has 0 fully saturated rings. The van der Waals surface area contributed by atoms with Crippen LogP contribution in [0.2, 0.25) is 0 Å². The van der Waals surface area contributed by atoms with Crippen molar-refractivity contribution >= 4 is 5.97 Å². The summed E-state index contributed by atoms with van der Waals surface area (Å²) in [6, 6.07) is 0. The lowest BCUT2D eigenvalue weighted by molar-refractivity contribution is -0.143. The van der Waals surface area contributed by atoms with Crippen LogP contribution in [-0.4, -0.2) is 12.6 Å². The van der Waals surface area contributed by atoms with Gasteiger partial charge in [0.25, 0.3) is 0 Å². The number of rotatable bonds is 22. The lowest BCUT2D eigenvalue weighted by Gasteiger charge is -2.06. The van der Waals surface area contributed by atoms with Crippen molar-refractivity contribution < 1.29 is 9.53 Å². The molecule has 0 spiro atoms. The SMILES string of the molecule is CC(C)CCCCCCCCCCCCCOC(=O)CCCCCCCC(C)C. The highest BCUT2D eigenvalue weighted by molar-refractivity contribution is 5.69. The van der Waals surface area contributed by atoms with Gasteiger partial charge in [0.05, 0.1) is 6.61 Å². The molecule has 2 nitrogen and oxygen atoms in total. The topological polar surface area (TPSA) is 26.3 Å². The minimum Gasteiger partial charge on any atom is -0.466 e. The van der Waals surface area contributed by atoms with Gasteiger partial charge in [0, 0.05) is 6.42 Å². The molecular weight excluding hydrogens is 356 g/mol. The van der Waals surface area contributed by atoms with Crippen molar-refractivity contribution in [1.82, 2.24) is 0 Å². The van der Waals surface area contributed by atoms with Gasteiger partial charge in [-0.2, -0.15) is 0 Å². The maximum absolute atomic E-state index is 11.7. The third kappa shape index (κ3) is 25.4. The molecule has 0 amide bonds. The Morgan fingerprint density at radius 3 is 1.28 bits per heavy atom. The highest BCUT2D eigenvalue weighted by atomic mass is 16.5. The summed E-state index contributed by atoms with van der Waals surface area (Å²) in [5.74, 6) is 1.70. The fourth-order valence-electron chi connectivity index (χ4n) is 3.86. The zero-order valence-corrected chi connectivity index (χ0v) is 20.6. The van der Waals surface area contributed by atoms with Crippen LogP contribution >= 0.6 is 0 Å². The summed E-state index contributed by atoms with van der Waals surface area (Å²) in [5.41, 5.74) is 0. The van der Waals surface area contributed by atoms with E-state index in [1.165, 1.54) is 103 Å². The predicted octanol–water partition coefficient (Wildman–Crippen LogP) is 9.25. The van der Waals surface area contributed by atoms with E-state index in [2.05, 4.69) is 27.7 Å². The van der Waals surface area contributed by atoms with Gasteiger partial charge in [-0.25, -0.2) is 0 Å². The molecule has 0 bridgehead atoms. The highest BCUT2D eigenvalue weighted by Crippen LogP contribution is 2.14. The summed E-state index contributed by atoms with van der Waals surface area (Å²) < 4.78 is 5.37. The number of carbonyl (C=O) groups excluding carboxylic acids is 1. The lowest BCUT2D eigenvalue weighted by atomic mass is 10.0. The molecule has 0 heterocycles. The van der Waals surface area contributed by atoms with E-state index in [-0.39, 0.29) is 5.97 Å². The molecule has 2 heteroatoms. The molecule has 0 rings (SSSR count). The van der Waals surface area contributed by atoms with Crippen molar-refractivity contribution in [3.05, 3.63) is 0 Å². The molecule has 0 radical (unpaired) electrons. The van der Waals surface area contributed by atoms with E-state index in [9.17, 15) is 4.79 Å². The molecule has 174 valence electrons. The average molecular weight is 411 g/mol. The molecule has 0 aromatic rings. The third-order valence-electron chi connectivity index (χ3n) is 5.85. The first-order chi connectivity index (χ1) is 14.0. The van der Waals surface area contributed by atoms with Gasteiger partial charge < -0.3 is 4.74 Å².